The van der Waals surface area contributed by atoms with Crippen molar-refractivity contribution in [1.82, 2.24) is 9.78 Å². The van der Waals surface area contributed by atoms with E-state index in [4.69, 9.17) is 17.3 Å². The van der Waals surface area contributed by atoms with E-state index in [1.165, 1.54) is 0 Å². The zero-order valence-electron chi connectivity index (χ0n) is 8.66. The molecule has 0 spiro atoms. The molecule has 0 aliphatic carbocycles. The highest BCUT2D eigenvalue weighted by Crippen LogP contribution is 2.25. The normalized spacial score (nSPS) is 10.6. The third-order valence-corrected chi connectivity index (χ3v) is 2.62. The molecule has 15 heavy (non-hydrogen) atoms. The van der Waals surface area contributed by atoms with Crippen molar-refractivity contribution in [2.75, 3.05) is 5.73 Å². The van der Waals surface area contributed by atoms with E-state index < -0.39 is 0 Å². The third kappa shape index (κ3) is 1.83. The maximum Gasteiger partial charge on any atom is 0.121 e. The van der Waals surface area contributed by atoms with Gasteiger partial charge in [-0.25, -0.2) is 0 Å². The Morgan fingerprint density at radius 3 is 2.60 bits per heavy atom. The third-order valence-electron chi connectivity index (χ3n) is 2.38. The minimum atomic E-state index is 0.652. The van der Waals surface area contributed by atoms with Crippen molar-refractivity contribution in [3.8, 4) is 11.3 Å². The molecular weight excluding hydrogens is 210 g/mol. The lowest BCUT2D eigenvalue weighted by molar-refractivity contribution is 0.782. The summed E-state index contributed by atoms with van der Waals surface area (Å²) < 4.78 is 1.66. The van der Waals surface area contributed by atoms with Crippen LogP contribution in [0.4, 0.5) is 5.82 Å². The number of nitrogens with two attached hydrogens (primary N) is 1. The summed E-state index contributed by atoms with van der Waals surface area (Å²) in [5.74, 6) is 0.652. The summed E-state index contributed by atoms with van der Waals surface area (Å²) in [5.41, 5.74) is 8.77. The van der Waals surface area contributed by atoms with Crippen molar-refractivity contribution >= 4 is 17.4 Å². The second kappa shape index (κ2) is 3.59. The minimum absolute atomic E-state index is 0.652. The number of nitrogens with zero attached hydrogens (tertiary/aromatic N) is 2. The van der Waals surface area contributed by atoms with Crippen LogP contribution in [0.15, 0.2) is 24.3 Å². The highest BCUT2D eigenvalue weighted by atomic mass is 35.5. The van der Waals surface area contributed by atoms with Crippen LogP contribution >= 0.6 is 11.6 Å². The average molecular weight is 222 g/mol. The van der Waals surface area contributed by atoms with Crippen LogP contribution in [0.3, 0.4) is 0 Å². The minimum Gasteiger partial charge on any atom is -0.384 e. The molecule has 2 rings (SSSR count). The Morgan fingerprint density at radius 2 is 2.07 bits per heavy atom. The molecule has 0 unspecified atom stereocenters. The molecule has 0 aliphatic heterocycles. The number of anilines is 1. The van der Waals surface area contributed by atoms with E-state index >= 15 is 0 Å². The SMILES string of the molecule is Cc1cc(Cl)ccc1-c1cc(N)n(C)n1. The summed E-state index contributed by atoms with van der Waals surface area (Å²) in [7, 11) is 1.82. The van der Waals surface area contributed by atoms with Gasteiger partial charge in [0, 0.05) is 23.7 Å². The molecule has 0 bridgehead atoms. The Bertz CT molecular complexity index is 483. The predicted octanol–water partition coefficient (Wildman–Crippen LogP) is 2.63. The molecule has 0 saturated heterocycles. The highest BCUT2D eigenvalue weighted by Gasteiger charge is 2.07. The van der Waals surface area contributed by atoms with E-state index in [1.807, 2.05) is 38.2 Å². The number of nitrogen functional groups attached to an aromatic ring is 1. The summed E-state index contributed by atoms with van der Waals surface area (Å²) in [6, 6.07) is 7.59. The molecule has 0 aliphatic rings. The van der Waals surface area contributed by atoms with E-state index in [0.29, 0.717) is 5.82 Å². The molecule has 1 aromatic heterocycles. The molecule has 0 fully saturated rings. The molecule has 1 heterocycles. The number of halogens is 1. The van der Waals surface area contributed by atoms with Crippen LogP contribution < -0.4 is 5.73 Å². The first kappa shape index (κ1) is 10.1. The van der Waals surface area contributed by atoms with E-state index in [9.17, 15) is 0 Å². The highest BCUT2D eigenvalue weighted by molar-refractivity contribution is 6.30. The summed E-state index contributed by atoms with van der Waals surface area (Å²) in [6.07, 6.45) is 0. The molecule has 4 heteroatoms. The van der Waals surface area contributed by atoms with Gasteiger partial charge in [-0.1, -0.05) is 17.7 Å². The first-order chi connectivity index (χ1) is 7.08. The van der Waals surface area contributed by atoms with E-state index in [1.54, 1.807) is 4.68 Å². The van der Waals surface area contributed by atoms with Crippen LogP contribution in [0.25, 0.3) is 11.3 Å². The predicted molar refractivity (Wildman–Crippen MR) is 62.8 cm³/mol. The quantitative estimate of drug-likeness (QED) is 0.805. The van der Waals surface area contributed by atoms with Crippen molar-refractivity contribution < 1.29 is 0 Å². The van der Waals surface area contributed by atoms with Gasteiger partial charge in [-0.05, 0) is 24.6 Å². The van der Waals surface area contributed by atoms with E-state index in [0.717, 1.165) is 21.8 Å². The Balaban J connectivity index is 2.54. The first-order valence-electron chi connectivity index (χ1n) is 4.64. The van der Waals surface area contributed by atoms with Gasteiger partial charge in [-0.15, -0.1) is 0 Å². The largest absolute Gasteiger partial charge is 0.384 e. The molecule has 2 aromatic rings. The number of hydrogen-bond acceptors (Lipinski definition) is 2. The Kier molecular flexibility index (Phi) is 2.40. The van der Waals surface area contributed by atoms with Crippen LogP contribution in [0.1, 0.15) is 5.56 Å². The average Bonchev–Trinajstić information content (AvgIpc) is 2.46. The van der Waals surface area contributed by atoms with Crippen molar-refractivity contribution in [2.45, 2.75) is 6.92 Å². The number of rotatable bonds is 1. The smallest absolute Gasteiger partial charge is 0.121 e. The molecule has 0 amide bonds. The number of benzene rings is 1. The van der Waals surface area contributed by atoms with Gasteiger partial charge in [0.05, 0.1) is 5.69 Å². The lowest BCUT2D eigenvalue weighted by atomic mass is 10.1. The summed E-state index contributed by atoms with van der Waals surface area (Å²) >= 11 is 5.89. The Hall–Kier alpha value is -1.48. The molecule has 2 N–H and O–H groups in total. The maximum atomic E-state index is 5.89. The fraction of sp³-hybridized carbons (Fsp3) is 0.182. The van der Waals surface area contributed by atoms with Gasteiger partial charge in [0.25, 0.3) is 0 Å². The van der Waals surface area contributed by atoms with Gasteiger partial charge < -0.3 is 5.73 Å². The summed E-state index contributed by atoms with van der Waals surface area (Å²) in [4.78, 5) is 0. The van der Waals surface area contributed by atoms with E-state index in [2.05, 4.69) is 5.10 Å². The van der Waals surface area contributed by atoms with Gasteiger partial charge in [0.15, 0.2) is 0 Å². The molecule has 1 aromatic carbocycles. The Labute approximate surface area is 93.5 Å². The topological polar surface area (TPSA) is 43.8 Å². The number of aryl methyl sites for hydroxylation is 2. The second-order valence-electron chi connectivity index (χ2n) is 3.54. The fourth-order valence-corrected chi connectivity index (χ4v) is 1.75. The van der Waals surface area contributed by atoms with Gasteiger partial charge in [-0.3, -0.25) is 4.68 Å². The molecule has 0 radical (unpaired) electrons. The van der Waals surface area contributed by atoms with Crippen LogP contribution in [0, 0.1) is 6.92 Å². The molecule has 0 saturated carbocycles. The number of aromatic nitrogens is 2. The van der Waals surface area contributed by atoms with Crippen molar-refractivity contribution in [1.29, 1.82) is 0 Å². The van der Waals surface area contributed by atoms with Crippen LogP contribution in [-0.2, 0) is 7.05 Å². The molecule has 0 atom stereocenters. The van der Waals surface area contributed by atoms with Gasteiger partial charge in [0.1, 0.15) is 5.82 Å². The molecule has 78 valence electrons. The molecule has 3 nitrogen and oxygen atoms in total. The van der Waals surface area contributed by atoms with Crippen molar-refractivity contribution in [3.63, 3.8) is 0 Å². The van der Waals surface area contributed by atoms with Crippen molar-refractivity contribution in [2.24, 2.45) is 7.05 Å². The molecular formula is C11H12ClN3. The Morgan fingerprint density at radius 1 is 1.33 bits per heavy atom. The second-order valence-corrected chi connectivity index (χ2v) is 3.97. The number of hydrogen-bond donors (Lipinski definition) is 1. The standard InChI is InChI=1S/C11H12ClN3/c1-7-5-8(12)3-4-9(7)10-6-11(13)15(2)14-10/h3-6H,13H2,1-2H3. The van der Waals surface area contributed by atoms with Crippen molar-refractivity contribution in [3.05, 3.63) is 34.9 Å². The summed E-state index contributed by atoms with van der Waals surface area (Å²) in [5, 5.41) is 5.06. The maximum absolute atomic E-state index is 5.89. The van der Waals surface area contributed by atoms with Gasteiger partial charge in [0.2, 0.25) is 0 Å². The zero-order chi connectivity index (χ0) is 11.0. The lowest BCUT2D eigenvalue weighted by Crippen LogP contribution is -1.96. The van der Waals surface area contributed by atoms with Gasteiger partial charge in [-0.2, -0.15) is 5.10 Å². The lowest BCUT2D eigenvalue weighted by Gasteiger charge is -2.02. The zero-order valence-corrected chi connectivity index (χ0v) is 9.42. The monoisotopic (exact) mass is 221 g/mol. The van der Waals surface area contributed by atoms with Crippen LogP contribution in [0.2, 0.25) is 5.02 Å². The van der Waals surface area contributed by atoms with Crippen LogP contribution in [0.5, 0.6) is 0 Å². The van der Waals surface area contributed by atoms with E-state index in [-0.39, 0.29) is 0 Å². The first-order valence-corrected chi connectivity index (χ1v) is 5.02. The fourth-order valence-electron chi connectivity index (χ4n) is 1.53. The summed E-state index contributed by atoms with van der Waals surface area (Å²) in [6.45, 7) is 2.01. The van der Waals surface area contributed by atoms with Gasteiger partial charge >= 0.3 is 0 Å². The van der Waals surface area contributed by atoms with Crippen LogP contribution in [-0.4, -0.2) is 9.78 Å².